The first kappa shape index (κ1) is 27.1. The molecule has 0 bridgehead atoms. The first-order valence-corrected chi connectivity index (χ1v) is 14.7. The molecule has 0 fully saturated rings. The van der Waals surface area contributed by atoms with Crippen molar-refractivity contribution in [1.29, 1.82) is 0 Å². The number of carbonyl (C=O) groups is 1. The van der Waals surface area contributed by atoms with Crippen LogP contribution in [0, 0.1) is 0 Å². The number of aryl methyl sites for hydroxylation is 1. The Morgan fingerprint density at radius 2 is 1.89 bits per heavy atom. The van der Waals surface area contributed by atoms with Gasteiger partial charge in [-0.2, -0.15) is 4.57 Å². The number of hydrogen-bond donors (Lipinski definition) is 1. The third kappa shape index (κ3) is 6.65. The minimum atomic E-state index is 0.156. The molecule has 0 saturated heterocycles. The second-order valence-corrected chi connectivity index (χ2v) is 12.0. The fourth-order valence-electron chi connectivity index (χ4n) is 4.19. The minimum absolute atomic E-state index is 0.156. The van der Waals surface area contributed by atoms with E-state index in [1.54, 1.807) is 23.1 Å². The van der Waals surface area contributed by atoms with Crippen molar-refractivity contribution in [2.24, 2.45) is 7.05 Å². The monoisotopic (exact) mass is 560 g/mol. The van der Waals surface area contributed by atoms with Crippen molar-refractivity contribution in [3.63, 3.8) is 0 Å². The lowest BCUT2D eigenvalue weighted by molar-refractivity contribution is -0.642. The third-order valence-electron chi connectivity index (χ3n) is 6.08. The van der Waals surface area contributed by atoms with Crippen LogP contribution in [0.1, 0.15) is 51.0 Å². The summed E-state index contributed by atoms with van der Waals surface area (Å²) in [5.74, 6) is 0.156. The number of nitrogens with zero attached hydrogens (tertiary/aromatic N) is 2. The van der Waals surface area contributed by atoms with E-state index < -0.39 is 0 Å². The Morgan fingerprint density at radius 1 is 1.11 bits per heavy atom. The van der Waals surface area contributed by atoms with E-state index in [1.807, 2.05) is 18.2 Å². The average molecular weight is 562 g/mol. The van der Waals surface area contributed by atoms with E-state index in [2.05, 4.69) is 66.0 Å². The lowest BCUT2D eigenvalue weighted by Crippen LogP contribution is -2.28. The lowest BCUT2D eigenvalue weighted by atomic mass is 10.1. The summed E-state index contributed by atoms with van der Waals surface area (Å²) < 4.78 is 3.41. The van der Waals surface area contributed by atoms with Gasteiger partial charge in [0.25, 0.3) is 5.01 Å². The van der Waals surface area contributed by atoms with Crippen molar-refractivity contribution in [3.05, 3.63) is 68.1 Å². The number of fused-ring (bicyclic) bond motifs is 2. The van der Waals surface area contributed by atoms with Gasteiger partial charge in [-0.3, -0.25) is 4.79 Å². The summed E-state index contributed by atoms with van der Waals surface area (Å²) in [6.07, 6.45) is 8.99. The van der Waals surface area contributed by atoms with Crippen molar-refractivity contribution in [2.45, 2.75) is 50.8 Å². The highest BCUT2D eigenvalue weighted by atomic mass is 35.5. The van der Waals surface area contributed by atoms with Gasteiger partial charge in [-0.1, -0.05) is 59.6 Å². The highest BCUT2D eigenvalue weighted by Crippen LogP contribution is 2.47. The smallest absolute Gasteiger partial charge is 0.262 e. The number of thiazole rings is 1. The van der Waals surface area contributed by atoms with Gasteiger partial charge >= 0.3 is 0 Å². The number of thioether (sulfide) groups is 1. The highest BCUT2D eigenvalue weighted by molar-refractivity contribution is 8.03. The van der Waals surface area contributed by atoms with E-state index in [0.717, 1.165) is 60.0 Å². The molecule has 0 spiro atoms. The van der Waals surface area contributed by atoms with E-state index in [0.29, 0.717) is 6.42 Å². The van der Waals surface area contributed by atoms with Gasteiger partial charge in [0.2, 0.25) is 11.4 Å². The largest absolute Gasteiger partial charge is 0.356 e. The van der Waals surface area contributed by atoms with Gasteiger partial charge in [0.05, 0.1) is 10.7 Å². The predicted octanol–water partition coefficient (Wildman–Crippen LogP) is 7.98. The Morgan fingerprint density at radius 3 is 2.69 bits per heavy atom. The Labute approximate surface area is 232 Å². The molecule has 1 amide bonds. The van der Waals surface area contributed by atoms with Gasteiger partial charge in [0, 0.05) is 46.6 Å². The summed E-state index contributed by atoms with van der Waals surface area (Å²) in [6, 6.07) is 12.1. The van der Waals surface area contributed by atoms with Crippen molar-refractivity contribution in [3.8, 4) is 0 Å². The van der Waals surface area contributed by atoms with E-state index >= 15 is 0 Å². The standard InChI is InChI=1S/C28H31Cl2N3OS2/c1-4-13-31-26(34)8-6-5-7-14-33-23-18-21(30)10-12-25(23)36-28(33)16-19(2)15-27-32(3)22-17-20(29)9-11-24(22)35-27/h9-12,15-18H,4-8,13-14H2,1-3H3/p+1. The average Bonchev–Trinajstić information content (AvgIpc) is 3.33. The van der Waals surface area contributed by atoms with Crippen LogP contribution < -0.4 is 14.8 Å². The molecular weight excluding hydrogens is 529 g/mol. The number of allylic oxidation sites excluding steroid dienone is 2. The molecule has 4 nitrogen and oxygen atoms in total. The fraction of sp³-hybridized carbons (Fsp3) is 0.357. The number of aromatic nitrogens is 1. The maximum atomic E-state index is 11.9. The molecule has 8 heteroatoms. The molecule has 3 aromatic rings. The number of carbonyl (C=O) groups excluding carboxylic acids is 1. The van der Waals surface area contributed by atoms with Gasteiger partial charge in [0.15, 0.2) is 0 Å². The summed E-state index contributed by atoms with van der Waals surface area (Å²) >= 11 is 16.1. The highest BCUT2D eigenvalue weighted by Gasteiger charge is 2.25. The topological polar surface area (TPSA) is 36.2 Å². The number of unbranched alkanes of at least 4 members (excludes halogenated alkanes) is 2. The first-order valence-electron chi connectivity index (χ1n) is 12.4. The number of anilines is 1. The summed E-state index contributed by atoms with van der Waals surface area (Å²) in [6.45, 7) is 5.87. The zero-order valence-corrected chi connectivity index (χ0v) is 24.1. The van der Waals surface area contributed by atoms with Crippen molar-refractivity contribution < 1.29 is 9.36 Å². The van der Waals surface area contributed by atoms with Crippen LogP contribution >= 0.6 is 46.3 Å². The maximum Gasteiger partial charge on any atom is 0.262 e. The van der Waals surface area contributed by atoms with Crippen molar-refractivity contribution in [2.75, 3.05) is 18.0 Å². The molecule has 2 aromatic carbocycles. The maximum absolute atomic E-state index is 11.9. The van der Waals surface area contributed by atoms with E-state index in [-0.39, 0.29) is 5.91 Å². The molecule has 0 unspecified atom stereocenters. The summed E-state index contributed by atoms with van der Waals surface area (Å²) in [7, 11) is 2.08. The van der Waals surface area contributed by atoms with Crippen LogP contribution in [0.25, 0.3) is 16.3 Å². The Hall–Kier alpha value is -1.99. The molecule has 2 heterocycles. The van der Waals surface area contributed by atoms with Gasteiger partial charge < -0.3 is 10.2 Å². The Balaban J connectivity index is 1.48. The normalized spacial score (nSPS) is 14.6. The van der Waals surface area contributed by atoms with Crippen LogP contribution in [0.5, 0.6) is 0 Å². The van der Waals surface area contributed by atoms with Crippen LogP contribution in [0.3, 0.4) is 0 Å². The molecule has 36 heavy (non-hydrogen) atoms. The van der Waals surface area contributed by atoms with Crippen molar-refractivity contribution in [1.82, 2.24) is 5.32 Å². The summed E-state index contributed by atoms with van der Waals surface area (Å²) in [5, 5.41) is 6.84. The molecule has 1 N–H and O–H groups in total. The SMILES string of the molecule is CCCNC(=O)CCCCCN1C(=CC(C)=Cc2sc3ccc(Cl)cc3[n+]2C)Sc2ccc(Cl)cc21. The van der Waals surface area contributed by atoms with Gasteiger partial charge in [-0.05, 0) is 68.2 Å². The third-order valence-corrected chi connectivity index (χ3v) is 8.83. The zero-order chi connectivity index (χ0) is 25.7. The first-order chi connectivity index (χ1) is 17.4. The summed E-state index contributed by atoms with van der Waals surface area (Å²) in [5.41, 5.74) is 3.48. The molecule has 0 atom stereocenters. The predicted molar refractivity (Wildman–Crippen MR) is 156 cm³/mol. The summed E-state index contributed by atoms with van der Waals surface area (Å²) in [4.78, 5) is 15.5. The van der Waals surface area contributed by atoms with Crippen LogP contribution in [-0.2, 0) is 11.8 Å². The molecule has 4 rings (SSSR count). The van der Waals surface area contributed by atoms with Crippen LogP contribution in [0.2, 0.25) is 10.0 Å². The number of halogens is 2. The molecule has 0 saturated carbocycles. The molecule has 0 radical (unpaired) electrons. The molecule has 1 aromatic heterocycles. The fourth-order valence-corrected chi connectivity index (χ4v) is 6.85. The molecule has 190 valence electrons. The van der Waals surface area contributed by atoms with Gasteiger partial charge in [-0.25, -0.2) is 0 Å². The number of hydrogen-bond acceptors (Lipinski definition) is 4. The Kier molecular flexibility index (Phi) is 9.40. The van der Waals surface area contributed by atoms with E-state index in [1.165, 1.54) is 25.2 Å². The molecule has 0 aliphatic carbocycles. The second-order valence-electron chi connectivity index (χ2n) is 9.01. The zero-order valence-electron chi connectivity index (χ0n) is 20.9. The number of benzene rings is 2. The Bertz CT molecular complexity index is 1320. The molecule has 1 aliphatic rings. The molecule has 1 aliphatic heterocycles. The van der Waals surface area contributed by atoms with Crippen LogP contribution in [-0.4, -0.2) is 19.0 Å². The minimum Gasteiger partial charge on any atom is -0.356 e. The van der Waals surface area contributed by atoms with Gasteiger partial charge in [-0.15, -0.1) is 0 Å². The number of amides is 1. The quantitative estimate of drug-likeness (QED) is 0.201. The number of nitrogens with one attached hydrogen (secondary N) is 1. The van der Waals surface area contributed by atoms with Gasteiger partial charge in [0.1, 0.15) is 11.7 Å². The number of rotatable bonds is 10. The lowest BCUT2D eigenvalue weighted by Gasteiger charge is -2.21. The second kappa shape index (κ2) is 12.5. The van der Waals surface area contributed by atoms with Crippen LogP contribution in [0.4, 0.5) is 5.69 Å². The van der Waals surface area contributed by atoms with E-state index in [9.17, 15) is 4.79 Å². The van der Waals surface area contributed by atoms with Crippen molar-refractivity contribution >= 4 is 74.2 Å². The van der Waals surface area contributed by atoms with Crippen LogP contribution in [0.15, 0.2) is 58.0 Å². The van der Waals surface area contributed by atoms with E-state index in [4.69, 9.17) is 23.2 Å². The molecular formula is C28H32Cl2N3OS2+.